The molecule has 0 saturated heterocycles. The molecule has 70 valence electrons. The van der Waals surface area contributed by atoms with Crippen molar-refractivity contribution in [3.63, 3.8) is 0 Å². The smallest absolute Gasteiger partial charge is 0.200 e. The quantitative estimate of drug-likeness (QED) is 0.671. The van der Waals surface area contributed by atoms with Gasteiger partial charge in [-0.1, -0.05) is 0 Å². The molecule has 0 aromatic carbocycles. The molecular formula is C8H8N6. The first-order valence-electron chi connectivity index (χ1n) is 4.74. The molecule has 6 nitrogen and oxygen atoms in total. The van der Waals surface area contributed by atoms with Crippen molar-refractivity contribution in [3.8, 4) is 11.5 Å². The molecule has 0 spiro atoms. The second-order valence-corrected chi connectivity index (χ2v) is 4.02. The Balaban J connectivity index is 1.91. The van der Waals surface area contributed by atoms with Crippen LogP contribution in [-0.4, -0.2) is 30.8 Å². The fourth-order valence-corrected chi connectivity index (χ4v) is 2.44. The maximum Gasteiger partial charge on any atom is 0.200 e. The van der Waals surface area contributed by atoms with Crippen LogP contribution < -0.4 is 0 Å². The third-order valence-electron chi connectivity index (χ3n) is 3.23. The first-order valence-corrected chi connectivity index (χ1v) is 4.74. The van der Waals surface area contributed by atoms with E-state index in [1.54, 1.807) is 0 Å². The number of nitrogens with one attached hydrogen (secondary N) is 2. The lowest BCUT2D eigenvalue weighted by Crippen LogP contribution is -1.89. The number of H-pyrrole nitrogens is 2. The van der Waals surface area contributed by atoms with Gasteiger partial charge in [-0.3, -0.25) is 5.10 Å². The normalized spacial score (nSPS) is 27.4. The number of tetrazole rings is 1. The molecule has 14 heavy (non-hydrogen) atoms. The number of hydrogen-bond acceptors (Lipinski definition) is 4. The van der Waals surface area contributed by atoms with E-state index in [2.05, 4.69) is 30.8 Å². The molecule has 2 aromatic rings. The Labute approximate surface area is 79.1 Å². The zero-order valence-corrected chi connectivity index (χ0v) is 7.36. The molecule has 2 aliphatic rings. The fraction of sp³-hybridized carbons (Fsp3) is 0.500. The number of hydrogen-bond donors (Lipinski definition) is 2. The predicted molar refractivity (Wildman–Crippen MR) is 46.3 cm³/mol. The molecule has 4 rings (SSSR count). The van der Waals surface area contributed by atoms with Gasteiger partial charge in [-0.25, -0.2) is 5.10 Å². The molecule has 2 atom stereocenters. The van der Waals surface area contributed by atoms with Gasteiger partial charge >= 0.3 is 0 Å². The maximum atomic E-state index is 4.26. The van der Waals surface area contributed by atoms with E-state index in [9.17, 15) is 0 Å². The van der Waals surface area contributed by atoms with Crippen LogP contribution in [0.5, 0.6) is 0 Å². The zero-order valence-electron chi connectivity index (χ0n) is 7.36. The summed E-state index contributed by atoms with van der Waals surface area (Å²) in [6, 6.07) is 0. The van der Waals surface area contributed by atoms with Crippen LogP contribution in [0.15, 0.2) is 0 Å². The van der Waals surface area contributed by atoms with Crippen LogP contribution in [0.2, 0.25) is 0 Å². The summed E-state index contributed by atoms with van der Waals surface area (Å²) in [7, 11) is 0. The average molecular weight is 188 g/mol. The highest BCUT2D eigenvalue weighted by Gasteiger charge is 2.48. The lowest BCUT2D eigenvalue weighted by atomic mass is 10.1. The summed E-state index contributed by atoms with van der Waals surface area (Å²) in [4.78, 5) is 0. The van der Waals surface area contributed by atoms with Gasteiger partial charge in [0.25, 0.3) is 0 Å². The summed E-state index contributed by atoms with van der Waals surface area (Å²) in [6.45, 7) is 0. The van der Waals surface area contributed by atoms with Crippen LogP contribution >= 0.6 is 0 Å². The monoisotopic (exact) mass is 188 g/mol. The van der Waals surface area contributed by atoms with E-state index in [-0.39, 0.29) is 0 Å². The maximum absolute atomic E-state index is 4.26. The van der Waals surface area contributed by atoms with Crippen LogP contribution in [0.4, 0.5) is 0 Å². The Morgan fingerprint density at radius 3 is 3.14 bits per heavy atom. The second kappa shape index (κ2) is 2.02. The summed E-state index contributed by atoms with van der Waals surface area (Å²) >= 11 is 0. The van der Waals surface area contributed by atoms with Crippen LogP contribution in [0.1, 0.15) is 23.6 Å². The van der Waals surface area contributed by atoms with Crippen molar-refractivity contribution in [2.45, 2.75) is 18.8 Å². The van der Waals surface area contributed by atoms with Gasteiger partial charge in [-0.2, -0.15) is 5.10 Å². The van der Waals surface area contributed by atoms with Crippen molar-refractivity contribution in [2.24, 2.45) is 5.92 Å². The van der Waals surface area contributed by atoms with Crippen molar-refractivity contribution in [2.75, 3.05) is 0 Å². The minimum Gasteiger partial charge on any atom is -0.281 e. The molecular weight excluding hydrogens is 180 g/mol. The minimum absolute atomic E-state index is 0.670. The van der Waals surface area contributed by atoms with Crippen molar-refractivity contribution < 1.29 is 0 Å². The second-order valence-electron chi connectivity index (χ2n) is 4.02. The fourth-order valence-electron chi connectivity index (χ4n) is 2.44. The summed E-state index contributed by atoms with van der Waals surface area (Å²) in [6.07, 6.45) is 2.45. The van der Waals surface area contributed by atoms with Crippen LogP contribution in [-0.2, 0) is 6.42 Å². The molecule has 0 unspecified atom stereocenters. The van der Waals surface area contributed by atoms with Gasteiger partial charge in [0, 0.05) is 17.2 Å². The lowest BCUT2D eigenvalue weighted by molar-refractivity contribution is 0.841. The molecule has 2 aromatic heterocycles. The first kappa shape index (κ1) is 6.69. The van der Waals surface area contributed by atoms with E-state index in [0.717, 1.165) is 24.0 Å². The lowest BCUT2D eigenvalue weighted by Gasteiger charge is -1.94. The Morgan fingerprint density at radius 1 is 1.29 bits per heavy atom. The van der Waals surface area contributed by atoms with Crippen LogP contribution in [0, 0.1) is 5.92 Å². The number of aromatic amines is 2. The Morgan fingerprint density at radius 2 is 2.29 bits per heavy atom. The van der Waals surface area contributed by atoms with E-state index >= 15 is 0 Å². The van der Waals surface area contributed by atoms with Crippen molar-refractivity contribution in [3.05, 3.63) is 11.3 Å². The van der Waals surface area contributed by atoms with Crippen molar-refractivity contribution in [1.29, 1.82) is 0 Å². The molecule has 1 fully saturated rings. The van der Waals surface area contributed by atoms with Gasteiger partial charge in [0.15, 0.2) is 5.82 Å². The van der Waals surface area contributed by atoms with Crippen molar-refractivity contribution in [1.82, 2.24) is 30.8 Å². The Hall–Kier alpha value is -1.72. The molecule has 2 heterocycles. The van der Waals surface area contributed by atoms with E-state index < -0.39 is 0 Å². The van der Waals surface area contributed by atoms with Gasteiger partial charge < -0.3 is 0 Å². The number of fused-ring (bicyclic) bond motifs is 3. The molecule has 2 N–H and O–H groups in total. The van der Waals surface area contributed by atoms with Crippen LogP contribution in [0.25, 0.3) is 11.5 Å². The van der Waals surface area contributed by atoms with E-state index in [4.69, 9.17) is 0 Å². The first-order chi connectivity index (χ1) is 6.93. The number of aromatic nitrogens is 6. The SMILES string of the molecule is C1c2c(-c3nnn[nH]3)n[nH]c2[C@@H]2C[C@H]12. The number of nitrogens with zero attached hydrogens (tertiary/aromatic N) is 4. The number of rotatable bonds is 1. The summed E-state index contributed by atoms with van der Waals surface area (Å²) < 4.78 is 0. The van der Waals surface area contributed by atoms with E-state index in [1.807, 2.05) is 0 Å². The minimum atomic E-state index is 0.670. The topological polar surface area (TPSA) is 83.1 Å². The van der Waals surface area contributed by atoms with Crippen molar-refractivity contribution >= 4 is 0 Å². The summed E-state index contributed by atoms with van der Waals surface area (Å²) in [5.41, 5.74) is 3.52. The highest BCUT2D eigenvalue weighted by Crippen LogP contribution is 2.56. The van der Waals surface area contributed by atoms with Gasteiger partial charge in [-0.05, 0) is 29.2 Å². The standard InChI is InChI=1S/C8H8N6/c1-3-2-5-6(4(1)3)9-10-7(5)8-11-13-14-12-8/h3-4H,1-2H2,(H,9,10)(H,11,12,13,14)/t3-,4-/m1/s1. The predicted octanol–water partition coefficient (Wildman–Crippen LogP) is 0.249. The largest absolute Gasteiger partial charge is 0.281 e. The van der Waals surface area contributed by atoms with E-state index in [0.29, 0.717) is 5.82 Å². The van der Waals surface area contributed by atoms with Gasteiger partial charge in [-0.15, -0.1) is 5.10 Å². The highest BCUT2D eigenvalue weighted by molar-refractivity contribution is 5.59. The third-order valence-corrected chi connectivity index (χ3v) is 3.23. The van der Waals surface area contributed by atoms with E-state index in [1.165, 1.54) is 17.7 Å². The average Bonchev–Trinajstić information content (AvgIpc) is 2.63. The molecule has 1 saturated carbocycles. The van der Waals surface area contributed by atoms with Gasteiger partial charge in [0.05, 0.1) is 0 Å². The molecule has 0 radical (unpaired) electrons. The molecule has 2 aliphatic carbocycles. The summed E-state index contributed by atoms with van der Waals surface area (Å²) in [5, 5.41) is 21.1. The van der Waals surface area contributed by atoms with Crippen LogP contribution in [0.3, 0.4) is 0 Å². The Bertz CT molecular complexity index is 484. The zero-order chi connectivity index (χ0) is 9.12. The van der Waals surface area contributed by atoms with Gasteiger partial charge in [0.1, 0.15) is 5.69 Å². The molecule has 6 heteroatoms. The molecule has 0 aliphatic heterocycles. The summed E-state index contributed by atoms with van der Waals surface area (Å²) in [5.74, 6) is 2.26. The third kappa shape index (κ3) is 0.673. The molecule has 0 bridgehead atoms. The highest BCUT2D eigenvalue weighted by atomic mass is 15.5. The Kier molecular flexibility index (Phi) is 0.967. The molecule has 0 amide bonds. The van der Waals surface area contributed by atoms with Gasteiger partial charge in [0.2, 0.25) is 0 Å².